The lowest BCUT2D eigenvalue weighted by Crippen LogP contribution is -2.33. The van der Waals surface area contributed by atoms with Gasteiger partial charge in [-0.25, -0.2) is 14.4 Å². The monoisotopic (exact) mass is 590 g/mol. The number of amides is 1. The average molecular weight is 591 g/mol. The fraction of sp³-hybridized carbons (Fsp3) is 0.258. The minimum absolute atomic E-state index is 0.0140. The fourth-order valence-electron chi connectivity index (χ4n) is 4.53. The van der Waals surface area contributed by atoms with Crippen molar-refractivity contribution in [2.24, 2.45) is 7.05 Å². The zero-order chi connectivity index (χ0) is 30.6. The third kappa shape index (κ3) is 5.82. The maximum atomic E-state index is 13.6. The molecule has 11 heteroatoms. The maximum absolute atomic E-state index is 13.6. The van der Waals surface area contributed by atoms with Gasteiger partial charge in [0.2, 0.25) is 0 Å². The number of fused-ring (bicyclic) bond motifs is 1. The van der Waals surface area contributed by atoms with E-state index >= 15 is 0 Å². The van der Waals surface area contributed by atoms with Crippen LogP contribution in [-0.2, 0) is 26.1 Å². The second-order valence-corrected chi connectivity index (χ2v) is 10.3. The molecule has 0 fully saturated rings. The fourth-order valence-corrected chi connectivity index (χ4v) is 5.62. The highest BCUT2D eigenvalue weighted by atomic mass is 32.1. The van der Waals surface area contributed by atoms with Gasteiger partial charge in [0.05, 0.1) is 18.8 Å². The number of hydrogen-bond acceptors (Lipinski definition) is 9. The largest absolute Gasteiger partial charge is 0.462 e. The molecule has 1 atom stereocenters. The Hall–Kier alpha value is -4.77. The van der Waals surface area contributed by atoms with E-state index in [0.29, 0.717) is 27.5 Å². The summed E-state index contributed by atoms with van der Waals surface area (Å²) in [6.07, 6.45) is -1.34. The lowest BCUT2D eigenvalue weighted by atomic mass is 9.97. The van der Waals surface area contributed by atoms with Crippen molar-refractivity contribution in [3.63, 3.8) is 0 Å². The summed E-state index contributed by atoms with van der Waals surface area (Å²) in [5.74, 6) is -3.00. The molecule has 4 aromatic rings. The molecule has 0 aliphatic carbocycles. The Morgan fingerprint density at radius 3 is 2.12 bits per heavy atom. The van der Waals surface area contributed by atoms with Gasteiger partial charge in [0, 0.05) is 18.0 Å². The minimum atomic E-state index is -1.34. The summed E-state index contributed by atoms with van der Waals surface area (Å²) >= 11 is 0.862. The van der Waals surface area contributed by atoms with Crippen LogP contribution in [0.2, 0.25) is 0 Å². The van der Waals surface area contributed by atoms with E-state index in [9.17, 15) is 24.0 Å². The number of aromatic nitrogens is 1. The van der Waals surface area contributed by atoms with Crippen LogP contribution >= 0.6 is 11.3 Å². The van der Waals surface area contributed by atoms with Crippen LogP contribution in [0.25, 0.3) is 21.9 Å². The summed E-state index contributed by atoms with van der Waals surface area (Å²) in [7, 11) is 1.47. The molecule has 1 unspecified atom stereocenters. The van der Waals surface area contributed by atoms with Crippen LogP contribution in [0.1, 0.15) is 56.9 Å². The van der Waals surface area contributed by atoms with E-state index in [1.54, 1.807) is 45.0 Å². The molecule has 1 amide bonds. The van der Waals surface area contributed by atoms with Crippen molar-refractivity contribution in [3.05, 3.63) is 86.6 Å². The van der Waals surface area contributed by atoms with Crippen molar-refractivity contribution in [2.45, 2.75) is 33.8 Å². The average Bonchev–Trinajstić information content (AvgIpc) is 3.30. The number of nitrogens with zero attached hydrogens (tertiary/aromatic N) is 1. The lowest BCUT2D eigenvalue weighted by Gasteiger charge is -2.19. The zero-order valence-corrected chi connectivity index (χ0v) is 24.6. The molecule has 2 heterocycles. The maximum Gasteiger partial charge on any atom is 0.356 e. The second-order valence-electron chi connectivity index (χ2n) is 9.24. The van der Waals surface area contributed by atoms with E-state index in [-0.39, 0.29) is 34.3 Å². The van der Waals surface area contributed by atoms with Gasteiger partial charge in [0.15, 0.2) is 6.10 Å². The summed E-state index contributed by atoms with van der Waals surface area (Å²) in [5.41, 5.74) is 1.08. The van der Waals surface area contributed by atoms with E-state index in [0.717, 1.165) is 11.3 Å². The predicted molar refractivity (Wildman–Crippen MR) is 159 cm³/mol. The van der Waals surface area contributed by atoms with Crippen LogP contribution in [0.5, 0.6) is 0 Å². The van der Waals surface area contributed by atoms with Crippen LogP contribution in [0.4, 0.5) is 5.00 Å². The van der Waals surface area contributed by atoms with Crippen LogP contribution in [0.3, 0.4) is 0 Å². The molecule has 0 aliphatic heterocycles. The highest BCUT2D eigenvalue weighted by molar-refractivity contribution is 7.18. The van der Waals surface area contributed by atoms with Gasteiger partial charge in [-0.05, 0) is 50.3 Å². The molecule has 0 spiro atoms. The van der Waals surface area contributed by atoms with Gasteiger partial charge in [-0.3, -0.25) is 9.59 Å². The predicted octanol–water partition coefficient (Wildman–Crippen LogP) is 5.11. The number of rotatable bonds is 9. The third-order valence-electron chi connectivity index (χ3n) is 6.54. The Bertz CT molecular complexity index is 1740. The zero-order valence-electron chi connectivity index (χ0n) is 23.8. The van der Waals surface area contributed by atoms with Crippen molar-refractivity contribution in [2.75, 3.05) is 18.5 Å². The normalized spacial score (nSPS) is 11.5. The highest BCUT2D eigenvalue weighted by Gasteiger charge is 2.30. The smallest absolute Gasteiger partial charge is 0.356 e. The number of carbonyl (C=O) groups excluding carboxylic acids is 4. The summed E-state index contributed by atoms with van der Waals surface area (Å²) in [4.78, 5) is 65.3. The Balaban J connectivity index is 1.69. The van der Waals surface area contributed by atoms with Crippen molar-refractivity contribution in [3.8, 4) is 11.1 Å². The number of thiophene rings is 1. The number of hydrogen-bond donors (Lipinski definition) is 1. The first-order valence-electron chi connectivity index (χ1n) is 13.3. The first-order chi connectivity index (χ1) is 20.1. The van der Waals surface area contributed by atoms with Crippen LogP contribution in [0, 0.1) is 6.92 Å². The molecule has 4 rings (SSSR count). The van der Waals surface area contributed by atoms with Crippen molar-refractivity contribution in [1.82, 2.24) is 4.57 Å². The molecule has 218 valence electrons. The summed E-state index contributed by atoms with van der Waals surface area (Å²) in [6.45, 7) is 6.42. The van der Waals surface area contributed by atoms with E-state index < -0.39 is 35.5 Å². The second kappa shape index (κ2) is 12.8. The Kier molecular flexibility index (Phi) is 9.21. The quantitative estimate of drug-likeness (QED) is 0.210. The first-order valence-corrected chi connectivity index (χ1v) is 14.1. The molecule has 42 heavy (non-hydrogen) atoms. The summed E-state index contributed by atoms with van der Waals surface area (Å²) in [6, 6.07) is 16.0. The van der Waals surface area contributed by atoms with Gasteiger partial charge in [-0.15, -0.1) is 11.3 Å². The minimum Gasteiger partial charge on any atom is -0.462 e. The van der Waals surface area contributed by atoms with Crippen LogP contribution in [0.15, 0.2) is 59.4 Å². The van der Waals surface area contributed by atoms with Crippen molar-refractivity contribution >= 4 is 50.9 Å². The van der Waals surface area contributed by atoms with Crippen molar-refractivity contribution < 1.29 is 33.4 Å². The molecule has 2 aromatic heterocycles. The molecule has 1 N–H and O–H groups in total. The molecule has 0 saturated carbocycles. The molecular formula is C31H30N2O8S. The Labute approximate surface area is 245 Å². The number of pyridine rings is 1. The molecule has 2 aromatic carbocycles. The Morgan fingerprint density at radius 1 is 0.881 bits per heavy atom. The summed E-state index contributed by atoms with van der Waals surface area (Å²) < 4.78 is 17.0. The first kappa shape index (κ1) is 30.2. The number of anilines is 1. The number of benzene rings is 2. The van der Waals surface area contributed by atoms with E-state index in [1.165, 1.54) is 18.5 Å². The van der Waals surface area contributed by atoms with E-state index in [1.807, 2.05) is 30.3 Å². The van der Waals surface area contributed by atoms with Gasteiger partial charge in [0.1, 0.15) is 15.6 Å². The van der Waals surface area contributed by atoms with Crippen LogP contribution in [-0.4, -0.2) is 47.7 Å². The molecule has 0 bridgehead atoms. The molecule has 0 saturated heterocycles. The van der Waals surface area contributed by atoms with Gasteiger partial charge >= 0.3 is 17.9 Å². The van der Waals surface area contributed by atoms with Gasteiger partial charge in [-0.2, -0.15) is 0 Å². The number of nitrogens with one attached hydrogen (secondary N) is 1. The number of carbonyl (C=O) groups is 4. The third-order valence-corrected chi connectivity index (χ3v) is 7.72. The summed E-state index contributed by atoms with van der Waals surface area (Å²) in [5, 5.41) is 3.65. The topological polar surface area (TPSA) is 130 Å². The van der Waals surface area contributed by atoms with Gasteiger partial charge < -0.3 is 24.1 Å². The molecule has 0 radical (unpaired) electrons. The molecular weight excluding hydrogens is 560 g/mol. The standard InChI is InChI=1S/C31H30N2O8S/c1-6-39-29(36)22-17(3)25(31(38)40-7-2)42-27(22)32-26(34)18(4)41-30(37)24-23(19-13-9-8-10-14-19)20-15-11-12-16-21(20)28(35)33(24)5/h8-16,18H,6-7H2,1-5H3,(H,32,34). The van der Waals surface area contributed by atoms with E-state index in [2.05, 4.69) is 5.32 Å². The van der Waals surface area contributed by atoms with E-state index in [4.69, 9.17) is 14.2 Å². The molecule has 10 nitrogen and oxygen atoms in total. The number of ether oxygens (including phenoxy) is 3. The Morgan fingerprint density at radius 2 is 1.48 bits per heavy atom. The highest BCUT2D eigenvalue weighted by Crippen LogP contribution is 2.35. The van der Waals surface area contributed by atoms with Crippen LogP contribution < -0.4 is 10.9 Å². The van der Waals surface area contributed by atoms with Gasteiger partial charge in [0.25, 0.3) is 11.5 Å². The number of esters is 3. The SMILES string of the molecule is CCOC(=O)c1sc(NC(=O)C(C)OC(=O)c2c(-c3ccccc3)c3ccccc3c(=O)n2C)c(C(=O)OCC)c1C. The van der Waals surface area contributed by atoms with Crippen molar-refractivity contribution in [1.29, 1.82) is 0 Å². The van der Waals surface area contributed by atoms with Gasteiger partial charge in [-0.1, -0.05) is 48.5 Å². The lowest BCUT2D eigenvalue weighted by molar-refractivity contribution is -0.123. The molecule has 0 aliphatic rings.